The fraction of sp³-hybridized carbons (Fsp3) is 0.278. The highest BCUT2D eigenvalue weighted by Crippen LogP contribution is 2.37. The third kappa shape index (κ3) is 2.27. The van der Waals surface area contributed by atoms with Crippen LogP contribution in [0.5, 0.6) is 0 Å². The molecule has 2 N–H and O–H groups in total. The lowest BCUT2D eigenvalue weighted by molar-refractivity contribution is 0.218. The SMILES string of the molecule is C=Cc1ccc(CC)cc1C1c2c(c(=O)c2=O)N=C(OCC)N1N. The summed E-state index contributed by atoms with van der Waals surface area (Å²) in [5.74, 6) is 6.20. The van der Waals surface area contributed by atoms with E-state index >= 15 is 0 Å². The fourth-order valence-electron chi connectivity index (χ4n) is 2.97. The van der Waals surface area contributed by atoms with Gasteiger partial charge in [0.2, 0.25) is 5.43 Å². The number of ether oxygens (including phenoxy) is 1. The minimum Gasteiger partial charge on any atom is -0.464 e. The molecule has 124 valence electrons. The summed E-state index contributed by atoms with van der Waals surface area (Å²) in [6.45, 7) is 8.03. The van der Waals surface area contributed by atoms with Gasteiger partial charge < -0.3 is 4.74 Å². The van der Waals surface area contributed by atoms with E-state index in [1.54, 1.807) is 13.0 Å². The molecule has 0 fully saturated rings. The first kappa shape index (κ1) is 16.1. The van der Waals surface area contributed by atoms with Crippen molar-refractivity contribution in [3.8, 4) is 0 Å². The number of nitrogens with two attached hydrogens (primary N) is 1. The Labute approximate surface area is 139 Å². The molecule has 0 aromatic heterocycles. The van der Waals surface area contributed by atoms with E-state index in [0.29, 0.717) is 12.2 Å². The number of nitrogens with zero attached hydrogens (tertiary/aromatic N) is 2. The van der Waals surface area contributed by atoms with Crippen LogP contribution in [0.3, 0.4) is 0 Å². The molecule has 2 aromatic rings. The minimum atomic E-state index is -0.608. The number of hydrogen-bond donors (Lipinski definition) is 1. The predicted octanol–water partition coefficient (Wildman–Crippen LogP) is 1.79. The largest absolute Gasteiger partial charge is 0.464 e. The van der Waals surface area contributed by atoms with E-state index in [9.17, 15) is 9.59 Å². The molecule has 6 heteroatoms. The molecule has 1 unspecified atom stereocenters. The van der Waals surface area contributed by atoms with Gasteiger partial charge in [0.15, 0.2) is 0 Å². The molecule has 0 saturated heterocycles. The molecule has 1 aliphatic rings. The van der Waals surface area contributed by atoms with E-state index < -0.39 is 16.9 Å². The number of rotatable bonds is 4. The van der Waals surface area contributed by atoms with E-state index in [-0.39, 0.29) is 11.7 Å². The van der Waals surface area contributed by atoms with Crippen LogP contribution in [0.2, 0.25) is 0 Å². The van der Waals surface area contributed by atoms with Gasteiger partial charge in [-0.05, 0) is 30.0 Å². The molecule has 2 aromatic carbocycles. The molecular weight excluding hydrogens is 306 g/mol. The van der Waals surface area contributed by atoms with Gasteiger partial charge in [-0.3, -0.25) is 14.6 Å². The number of aliphatic imine (C=N–C) groups is 1. The van der Waals surface area contributed by atoms with E-state index in [0.717, 1.165) is 23.1 Å². The first-order chi connectivity index (χ1) is 11.5. The number of aryl methyl sites for hydroxylation is 1. The molecule has 0 saturated carbocycles. The molecule has 0 bridgehead atoms. The Balaban J connectivity index is 2.22. The van der Waals surface area contributed by atoms with Crippen LogP contribution < -0.4 is 16.7 Å². The Kier molecular flexibility index (Phi) is 4.07. The monoisotopic (exact) mass is 325 g/mol. The molecule has 1 heterocycles. The zero-order chi connectivity index (χ0) is 17.4. The lowest BCUT2D eigenvalue weighted by atomic mass is 9.88. The Morgan fingerprint density at radius 1 is 1.33 bits per heavy atom. The van der Waals surface area contributed by atoms with Crippen molar-refractivity contribution in [1.82, 2.24) is 5.01 Å². The number of benzene rings is 1. The van der Waals surface area contributed by atoms with Crippen molar-refractivity contribution in [3.05, 3.63) is 67.5 Å². The summed E-state index contributed by atoms with van der Waals surface area (Å²) < 4.78 is 5.44. The lowest BCUT2D eigenvalue weighted by Crippen LogP contribution is -2.51. The molecule has 0 spiro atoms. The Bertz CT molecular complexity index is 907. The molecule has 0 amide bonds. The third-order valence-electron chi connectivity index (χ3n) is 4.25. The maximum atomic E-state index is 12.1. The van der Waals surface area contributed by atoms with Gasteiger partial charge in [0.1, 0.15) is 11.7 Å². The lowest BCUT2D eigenvalue weighted by Gasteiger charge is -2.35. The standard InChI is InChI=1S/C18H19N3O3/c1-4-10-7-8-11(5-2)12(9-10)15-13-14(17(23)16(13)22)20-18(21(15)19)24-6-3/h5,7-9,15H,2,4,6,19H2,1,3H3. The van der Waals surface area contributed by atoms with E-state index in [4.69, 9.17) is 10.6 Å². The maximum Gasteiger partial charge on any atom is 0.308 e. The van der Waals surface area contributed by atoms with Crippen molar-refractivity contribution < 1.29 is 4.74 Å². The van der Waals surface area contributed by atoms with Crippen LogP contribution in [0.4, 0.5) is 5.69 Å². The number of fused-ring (bicyclic) bond motifs is 1. The van der Waals surface area contributed by atoms with Crippen molar-refractivity contribution in [1.29, 1.82) is 0 Å². The molecule has 1 aliphatic heterocycles. The highest BCUT2D eigenvalue weighted by atomic mass is 16.5. The van der Waals surface area contributed by atoms with Crippen LogP contribution >= 0.6 is 0 Å². The molecular formula is C18H19N3O3. The van der Waals surface area contributed by atoms with Crippen LogP contribution in [0.1, 0.15) is 42.1 Å². The van der Waals surface area contributed by atoms with Crippen LogP contribution in [-0.4, -0.2) is 17.6 Å². The maximum absolute atomic E-state index is 12.1. The van der Waals surface area contributed by atoms with Gasteiger partial charge in [-0.25, -0.2) is 5.84 Å². The van der Waals surface area contributed by atoms with Gasteiger partial charge in [-0.1, -0.05) is 37.8 Å². The van der Waals surface area contributed by atoms with Crippen LogP contribution in [0.25, 0.3) is 6.08 Å². The summed E-state index contributed by atoms with van der Waals surface area (Å²) in [6.07, 6.45) is 2.55. The first-order valence-electron chi connectivity index (χ1n) is 7.87. The van der Waals surface area contributed by atoms with Crippen molar-refractivity contribution in [2.75, 3.05) is 6.61 Å². The normalized spacial score (nSPS) is 16.7. The number of hydrogen-bond acceptors (Lipinski definition) is 6. The average molecular weight is 325 g/mol. The summed E-state index contributed by atoms with van der Waals surface area (Å²) in [7, 11) is 0. The van der Waals surface area contributed by atoms with Gasteiger partial charge in [0, 0.05) is 0 Å². The van der Waals surface area contributed by atoms with Crippen LogP contribution in [-0.2, 0) is 11.2 Å². The second-order valence-electron chi connectivity index (χ2n) is 5.58. The van der Waals surface area contributed by atoms with Gasteiger partial charge >= 0.3 is 6.02 Å². The first-order valence-corrected chi connectivity index (χ1v) is 7.87. The topological polar surface area (TPSA) is 85.0 Å². The molecule has 6 nitrogen and oxygen atoms in total. The number of hydrazine groups is 1. The minimum absolute atomic E-state index is 0.138. The van der Waals surface area contributed by atoms with Crippen molar-refractivity contribution >= 4 is 17.8 Å². The van der Waals surface area contributed by atoms with Crippen LogP contribution in [0, 0.1) is 0 Å². The second kappa shape index (κ2) is 6.05. The highest BCUT2D eigenvalue weighted by Gasteiger charge is 2.39. The highest BCUT2D eigenvalue weighted by molar-refractivity contribution is 5.83. The summed E-state index contributed by atoms with van der Waals surface area (Å²) in [6, 6.07) is 5.46. The number of amidine groups is 1. The molecule has 0 aliphatic carbocycles. The molecule has 0 radical (unpaired) electrons. The van der Waals surface area contributed by atoms with E-state index in [1.165, 1.54) is 5.01 Å². The molecule has 24 heavy (non-hydrogen) atoms. The van der Waals surface area contributed by atoms with Gasteiger partial charge in [-0.2, -0.15) is 4.99 Å². The van der Waals surface area contributed by atoms with Gasteiger partial charge in [-0.15, -0.1) is 0 Å². The average Bonchev–Trinajstić information content (AvgIpc) is 2.62. The third-order valence-corrected chi connectivity index (χ3v) is 4.25. The predicted molar refractivity (Wildman–Crippen MR) is 93.9 cm³/mol. The zero-order valence-corrected chi connectivity index (χ0v) is 13.7. The van der Waals surface area contributed by atoms with Crippen molar-refractivity contribution in [2.24, 2.45) is 10.8 Å². The summed E-state index contributed by atoms with van der Waals surface area (Å²) in [5, 5.41) is 1.31. The molecule has 1 atom stereocenters. The molecule has 3 rings (SSSR count). The van der Waals surface area contributed by atoms with Gasteiger partial charge in [0.25, 0.3) is 5.43 Å². The zero-order valence-electron chi connectivity index (χ0n) is 13.7. The van der Waals surface area contributed by atoms with E-state index in [1.807, 2.05) is 25.1 Å². The Morgan fingerprint density at radius 3 is 2.71 bits per heavy atom. The Hall–Kier alpha value is -2.73. The van der Waals surface area contributed by atoms with Crippen molar-refractivity contribution in [3.63, 3.8) is 0 Å². The van der Waals surface area contributed by atoms with Gasteiger partial charge in [0.05, 0.1) is 12.2 Å². The quantitative estimate of drug-likeness (QED) is 0.684. The summed E-state index contributed by atoms with van der Waals surface area (Å²) >= 11 is 0. The smallest absolute Gasteiger partial charge is 0.308 e. The fourth-order valence-corrected chi connectivity index (χ4v) is 2.97. The summed E-state index contributed by atoms with van der Waals surface area (Å²) in [5.41, 5.74) is 2.10. The van der Waals surface area contributed by atoms with Crippen molar-refractivity contribution in [2.45, 2.75) is 26.3 Å². The van der Waals surface area contributed by atoms with Crippen LogP contribution in [0.15, 0.2) is 39.4 Å². The Morgan fingerprint density at radius 2 is 2.08 bits per heavy atom. The second-order valence-corrected chi connectivity index (χ2v) is 5.58. The van der Waals surface area contributed by atoms with E-state index in [2.05, 4.69) is 11.6 Å². The summed E-state index contributed by atoms with van der Waals surface area (Å²) in [4.78, 5) is 28.1.